The molecule has 0 radical (unpaired) electrons. The van der Waals surface area contributed by atoms with Gasteiger partial charge >= 0.3 is 0 Å². The van der Waals surface area contributed by atoms with Gasteiger partial charge in [-0.05, 0) is 56.3 Å². The van der Waals surface area contributed by atoms with Gasteiger partial charge in [0.2, 0.25) is 5.89 Å². The average Bonchev–Trinajstić information content (AvgIpc) is 2.81. The lowest BCUT2D eigenvalue weighted by Gasteiger charge is -2.09. The van der Waals surface area contributed by atoms with E-state index in [0.717, 1.165) is 22.4 Å². The van der Waals surface area contributed by atoms with Crippen molar-refractivity contribution in [3.63, 3.8) is 0 Å². The van der Waals surface area contributed by atoms with Gasteiger partial charge in [0.05, 0.1) is 6.10 Å². The maximum atomic E-state index is 5.74. The number of nitrogens with two attached hydrogens (primary N) is 1. The molecule has 0 aliphatic carbocycles. The maximum absolute atomic E-state index is 5.74. The highest BCUT2D eigenvalue weighted by molar-refractivity contribution is 5.79. The number of hydrogen-bond donors (Lipinski definition) is 1. The van der Waals surface area contributed by atoms with Crippen LogP contribution in [-0.2, 0) is 0 Å². The fourth-order valence-electron chi connectivity index (χ4n) is 2.02. The first kappa shape index (κ1) is 12.5. The fraction of sp³-hybridized carbons (Fsp3) is 0.188. The van der Waals surface area contributed by atoms with Gasteiger partial charge in [-0.2, -0.15) is 0 Å². The number of aromatic nitrogens is 1. The smallest absolute Gasteiger partial charge is 0.227 e. The lowest BCUT2D eigenvalue weighted by molar-refractivity contribution is 0.242. The predicted molar refractivity (Wildman–Crippen MR) is 79.6 cm³/mol. The van der Waals surface area contributed by atoms with Crippen LogP contribution >= 0.6 is 0 Å². The Balaban J connectivity index is 1.94. The van der Waals surface area contributed by atoms with E-state index in [1.807, 2.05) is 44.2 Å². The molecule has 0 saturated carbocycles. The van der Waals surface area contributed by atoms with Gasteiger partial charge in [-0.15, -0.1) is 0 Å². The molecule has 4 nitrogen and oxygen atoms in total. The first-order valence-corrected chi connectivity index (χ1v) is 6.55. The Hall–Kier alpha value is -2.49. The summed E-state index contributed by atoms with van der Waals surface area (Å²) < 4.78 is 11.3. The van der Waals surface area contributed by atoms with Crippen molar-refractivity contribution in [3.05, 3.63) is 42.5 Å². The number of hydrogen-bond acceptors (Lipinski definition) is 4. The molecule has 1 heterocycles. The van der Waals surface area contributed by atoms with Crippen molar-refractivity contribution in [2.75, 3.05) is 5.73 Å². The van der Waals surface area contributed by atoms with Crippen LogP contribution < -0.4 is 10.5 Å². The molecule has 102 valence electrons. The minimum atomic E-state index is 0.160. The molecule has 0 fully saturated rings. The van der Waals surface area contributed by atoms with Crippen molar-refractivity contribution >= 4 is 16.8 Å². The molecule has 0 bridgehead atoms. The summed E-state index contributed by atoms with van der Waals surface area (Å²) >= 11 is 0. The van der Waals surface area contributed by atoms with Crippen LogP contribution in [0.3, 0.4) is 0 Å². The third-order valence-electron chi connectivity index (χ3n) is 2.88. The molecule has 0 saturated heterocycles. The van der Waals surface area contributed by atoms with Gasteiger partial charge in [-0.1, -0.05) is 0 Å². The van der Waals surface area contributed by atoms with Crippen molar-refractivity contribution < 1.29 is 9.15 Å². The number of nitrogens with zero attached hydrogens (tertiary/aromatic N) is 1. The molecular formula is C16H16N2O2. The molecule has 0 aliphatic rings. The van der Waals surface area contributed by atoms with E-state index in [9.17, 15) is 0 Å². The third kappa shape index (κ3) is 2.45. The second-order valence-corrected chi connectivity index (χ2v) is 4.94. The zero-order valence-electron chi connectivity index (χ0n) is 11.5. The lowest BCUT2D eigenvalue weighted by atomic mass is 10.2. The Bertz CT molecular complexity index is 730. The van der Waals surface area contributed by atoms with Crippen LogP contribution in [0, 0.1) is 0 Å². The predicted octanol–water partition coefficient (Wildman–Crippen LogP) is 3.86. The van der Waals surface area contributed by atoms with Crippen LogP contribution in [0.15, 0.2) is 46.9 Å². The van der Waals surface area contributed by atoms with Crippen molar-refractivity contribution in [3.8, 4) is 17.2 Å². The number of anilines is 1. The minimum Gasteiger partial charge on any atom is -0.491 e. The summed E-state index contributed by atoms with van der Waals surface area (Å²) in [4.78, 5) is 4.45. The van der Waals surface area contributed by atoms with Gasteiger partial charge in [0.1, 0.15) is 11.3 Å². The highest BCUT2D eigenvalue weighted by Crippen LogP contribution is 2.27. The van der Waals surface area contributed by atoms with Crippen LogP contribution in [0.1, 0.15) is 13.8 Å². The zero-order chi connectivity index (χ0) is 14.1. The highest BCUT2D eigenvalue weighted by Gasteiger charge is 2.08. The van der Waals surface area contributed by atoms with E-state index in [4.69, 9.17) is 14.9 Å². The maximum Gasteiger partial charge on any atom is 0.227 e. The molecule has 20 heavy (non-hydrogen) atoms. The lowest BCUT2D eigenvalue weighted by Crippen LogP contribution is -2.05. The van der Waals surface area contributed by atoms with E-state index in [1.54, 1.807) is 12.1 Å². The quantitative estimate of drug-likeness (QED) is 0.732. The first-order chi connectivity index (χ1) is 9.61. The monoisotopic (exact) mass is 268 g/mol. The SMILES string of the molecule is CC(C)Oc1ccc(-c2nc3cc(N)ccc3o2)cc1. The van der Waals surface area contributed by atoms with Gasteiger partial charge in [-0.25, -0.2) is 4.98 Å². The summed E-state index contributed by atoms with van der Waals surface area (Å²) in [6, 6.07) is 13.1. The standard InChI is InChI=1S/C16H16N2O2/c1-10(2)19-13-6-3-11(4-7-13)16-18-14-9-12(17)5-8-15(14)20-16/h3-10H,17H2,1-2H3. The summed E-state index contributed by atoms with van der Waals surface area (Å²) in [6.07, 6.45) is 0.160. The average molecular weight is 268 g/mol. The Morgan fingerprint density at radius 1 is 1.10 bits per heavy atom. The Morgan fingerprint density at radius 2 is 1.85 bits per heavy atom. The van der Waals surface area contributed by atoms with Gasteiger partial charge in [0.15, 0.2) is 5.58 Å². The second kappa shape index (κ2) is 4.89. The fourth-order valence-corrected chi connectivity index (χ4v) is 2.02. The van der Waals surface area contributed by atoms with Gasteiger partial charge in [0, 0.05) is 11.3 Å². The van der Waals surface area contributed by atoms with Crippen molar-refractivity contribution in [2.24, 2.45) is 0 Å². The molecule has 2 N–H and O–H groups in total. The molecule has 3 aromatic rings. The third-order valence-corrected chi connectivity index (χ3v) is 2.88. The number of fused-ring (bicyclic) bond motifs is 1. The minimum absolute atomic E-state index is 0.160. The normalized spacial score (nSPS) is 11.2. The molecule has 4 heteroatoms. The van der Waals surface area contributed by atoms with E-state index in [-0.39, 0.29) is 6.10 Å². The van der Waals surface area contributed by atoms with Gasteiger partial charge < -0.3 is 14.9 Å². The number of oxazole rings is 1. The van der Waals surface area contributed by atoms with Crippen molar-refractivity contribution in [1.29, 1.82) is 0 Å². The Kier molecular flexibility index (Phi) is 3.06. The van der Waals surface area contributed by atoms with E-state index in [2.05, 4.69) is 4.98 Å². The molecule has 0 unspecified atom stereocenters. The zero-order valence-corrected chi connectivity index (χ0v) is 11.5. The van der Waals surface area contributed by atoms with Crippen LogP contribution in [0.5, 0.6) is 5.75 Å². The first-order valence-electron chi connectivity index (χ1n) is 6.55. The topological polar surface area (TPSA) is 61.3 Å². The highest BCUT2D eigenvalue weighted by atomic mass is 16.5. The molecular weight excluding hydrogens is 252 g/mol. The summed E-state index contributed by atoms with van der Waals surface area (Å²) in [5.41, 5.74) is 8.83. The largest absolute Gasteiger partial charge is 0.491 e. The van der Waals surface area contributed by atoms with E-state index in [1.165, 1.54) is 0 Å². The van der Waals surface area contributed by atoms with E-state index < -0.39 is 0 Å². The number of ether oxygens (including phenoxy) is 1. The number of benzene rings is 2. The van der Waals surface area contributed by atoms with Crippen LogP contribution in [0.25, 0.3) is 22.6 Å². The van der Waals surface area contributed by atoms with Crippen LogP contribution in [0.2, 0.25) is 0 Å². The summed E-state index contributed by atoms with van der Waals surface area (Å²) in [5.74, 6) is 1.42. The van der Waals surface area contributed by atoms with Gasteiger partial charge in [0.25, 0.3) is 0 Å². The van der Waals surface area contributed by atoms with E-state index >= 15 is 0 Å². The van der Waals surface area contributed by atoms with Crippen molar-refractivity contribution in [2.45, 2.75) is 20.0 Å². The molecule has 1 aromatic heterocycles. The molecule has 0 amide bonds. The molecule has 3 rings (SSSR count). The Labute approximate surface area is 117 Å². The number of nitrogen functional groups attached to an aromatic ring is 1. The number of rotatable bonds is 3. The van der Waals surface area contributed by atoms with Gasteiger partial charge in [-0.3, -0.25) is 0 Å². The van der Waals surface area contributed by atoms with Crippen LogP contribution in [-0.4, -0.2) is 11.1 Å². The molecule has 0 aliphatic heterocycles. The van der Waals surface area contributed by atoms with E-state index in [0.29, 0.717) is 11.6 Å². The summed E-state index contributed by atoms with van der Waals surface area (Å²) in [5, 5.41) is 0. The van der Waals surface area contributed by atoms with Crippen molar-refractivity contribution in [1.82, 2.24) is 4.98 Å². The van der Waals surface area contributed by atoms with Crippen LogP contribution in [0.4, 0.5) is 5.69 Å². The molecule has 0 spiro atoms. The summed E-state index contributed by atoms with van der Waals surface area (Å²) in [6.45, 7) is 4.00. The molecule has 2 aromatic carbocycles. The second-order valence-electron chi connectivity index (χ2n) is 4.94. The summed E-state index contributed by atoms with van der Waals surface area (Å²) in [7, 11) is 0. The Morgan fingerprint density at radius 3 is 2.55 bits per heavy atom. The molecule has 0 atom stereocenters.